The standard InChI is InChI=1S/C16H16O5S/c17-16(20-6-12-4-2-1-3-5-12)9-18-7-13-8-19-14-10-22-11-15(14)21-13/h1-5,10-11,13H,6-9H2. The van der Waals surface area contributed by atoms with Crippen molar-refractivity contribution in [1.82, 2.24) is 0 Å². The van der Waals surface area contributed by atoms with E-state index in [0.29, 0.717) is 6.61 Å². The van der Waals surface area contributed by atoms with Crippen LogP contribution in [0.3, 0.4) is 0 Å². The number of fused-ring (bicyclic) bond motifs is 1. The number of rotatable bonds is 6. The summed E-state index contributed by atoms with van der Waals surface area (Å²) in [5.41, 5.74) is 0.949. The lowest BCUT2D eigenvalue weighted by molar-refractivity contribution is -0.151. The first kappa shape index (κ1) is 14.9. The molecule has 3 rings (SSSR count). The number of ether oxygens (including phenoxy) is 4. The molecule has 0 radical (unpaired) electrons. The van der Waals surface area contributed by atoms with Crippen LogP contribution in [-0.2, 0) is 20.9 Å². The molecule has 5 nitrogen and oxygen atoms in total. The van der Waals surface area contributed by atoms with Gasteiger partial charge in [0.25, 0.3) is 0 Å². The average molecular weight is 320 g/mol. The third kappa shape index (κ3) is 3.99. The summed E-state index contributed by atoms with van der Waals surface area (Å²) in [4.78, 5) is 11.6. The number of esters is 1. The summed E-state index contributed by atoms with van der Waals surface area (Å²) in [6.45, 7) is 0.867. The fourth-order valence-electron chi connectivity index (χ4n) is 2.00. The number of benzene rings is 1. The highest BCUT2D eigenvalue weighted by atomic mass is 32.1. The van der Waals surface area contributed by atoms with Crippen LogP contribution in [0.1, 0.15) is 5.56 Å². The van der Waals surface area contributed by atoms with Crippen molar-refractivity contribution in [2.45, 2.75) is 12.7 Å². The third-order valence-electron chi connectivity index (χ3n) is 3.08. The van der Waals surface area contributed by atoms with Gasteiger partial charge in [-0.1, -0.05) is 30.3 Å². The first-order chi connectivity index (χ1) is 10.8. The third-order valence-corrected chi connectivity index (χ3v) is 3.78. The minimum Gasteiger partial charge on any atom is -0.485 e. The summed E-state index contributed by atoms with van der Waals surface area (Å²) in [6.07, 6.45) is -0.205. The molecular weight excluding hydrogens is 304 g/mol. The molecule has 0 saturated heterocycles. The Bertz CT molecular complexity index is 610. The normalized spacial score (nSPS) is 16.3. The predicted octanol–water partition coefficient (Wildman–Crippen LogP) is 2.65. The van der Waals surface area contributed by atoms with E-state index in [1.807, 2.05) is 41.1 Å². The summed E-state index contributed by atoms with van der Waals surface area (Å²) >= 11 is 1.53. The van der Waals surface area contributed by atoms with E-state index in [1.54, 1.807) is 0 Å². The largest absolute Gasteiger partial charge is 0.485 e. The SMILES string of the molecule is O=C(COCC1COc2cscc2O1)OCc1ccccc1. The van der Waals surface area contributed by atoms with Crippen LogP contribution in [0.25, 0.3) is 0 Å². The molecule has 1 aromatic heterocycles. The predicted molar refractivity (Wildman–Crippen MR) is 81.3 cm³/mol. The Kier molecular flexibility index (Phi) is 4.92. The summed E-state index contributed by atoms with van der Waals surface area (Å²) in [5.74, 6) is 1.11. The molecule has 2 heterocycles. The van der Waals surface area contributed by atoms with Gasteiger partial charge in [-0.25, -0.2) is 4.79 Å². The molecule has 1 aliphatic rings. The minimum atomic E-state index is -0.392. The molecule has 0 amide bonds. The second kappa shape index (κ2) is 7.29. The minimum absolute atomic E-state index is 0.0941. The van der Waals surface area contributed by atoms with Gasteiger partial charge in [-0.3, -0.25) is 0 Å². The van der Waals surface area contributed by atoms with Gasteiger partial charge in [0.05, 0.1) is 6.61 Å². The molecule has 1 unspecified atom stereocenters. The number of hydrogen-bond donors (Lipinski definition) is 0. The highest BCUT2D eigenvalue weighted by Crippen LogP contribution is 2.35. The summed E-state index contributed by atoms with van der Waals surface area (Å²) in [6, 6.07) is 9.52. The fourth-order valence-corrected chi connectivity index (χ4v) is 2.67. The van der Waals surface area contributed by atoms with E-state index in [4.69, 9.17) is 18.9 Å². The molecule has 0 spiro atoms. The van der Waals surface area contributed by atoms with Crippen molar-refractivity contribution < 1.29 is 23.7 Å². The zero-order chi connectivity index (χ0) is 15.2. The lowest BCUT2D eigenvalue weighted by Crippen LogP contribution is -2.33. The molecule has 1 aliphatic heterocycles. The van der Waals surface area contributed by atoms with Crippen molar-refractivity contribution in [3.8, 4) is 11.5 Å². The second-order valence-electron chi connectivity index (χ2n) is 4.81. The van der Waals surface area contributed by atoms with Crippen LogP contribution < -0.4 is 9.47 Å². The van der Waals surface area contributed by atoms with Gasteiger partial charge >= 0.3 is 5.97 Å². The molecule has 22 heavy (non-hydrogen) atoms. The number of carbonyl (C=O) groups excluding carboxylic acids is 1. The fraction of sp³-hybridized carbons (Fsp3) is 0.312. The van der Waals surface area contributed by atoms with Crippen molar-refractivity contribution in [2.24, 2.45) is 0 Å². The number of hydrogen-bond acceptors (Lipinski definition) is 6. The second-order valence-corrected chi connectivity index (χ2v) is 5.56. The summed E-state index contributed by atoms with van der Waals surface area (Å²) in [5, 5.41) is 3.78. The average Bonchev–Trinajstić information content (AvgIpc) is 3.02. The Balaban J connectivity index is 1.34. The van der Waals surface area contributed by atoms with Crippen molar-refractivity contribution >= 4 is 17.3 Å². The first-order valence-corrected chi connectivity index (χ1v) is 7.88. The van der Waals surface area contributed by atoms with E-state index in [9.17, 15) is 4.79 Å². The Labute approximate surface area is 132 Å². The van der Waals surface area contributed by atoms with Gasteiger partial charge < -0.3 is 18.9 Å². The molecule has 116 valence electrons. The van der Waals surface area contributed by atoms with Crippen LogP contribution in [0.5, 0.6) is 11.5 Å². The van der Waals surface area contributed by atoms with Crippen molar-refractivity contribution in [1.29, 1.82) is 0 Å². The van der Waals surface area contributed by atoms with E-state index in [0.717, 1.165) is 17.1 Å². The molecule has 0 N–H and O–H groups in total. The maximum atomic E-state index is 11.6. The molecule has 1 aromatic carbocycles. The molecule has 0 fully saturated rings. The summed E-state index contributed by atoms with van der Waals surface area (Å²) < 4.78 is 21.7. The number of carbonyl (C=O) groups is 1. The van der Waals surface area contributed by atoms with Crippen LogP contribution in [-0.4, -0.2) is 31.9 Å². The Morgan fingerprint density at radius 2 is 2.05 bits per heavy atom. The van der Waals surface area contributed by atoms with Crippen molar-refractivity contribution in [3.05, 3.63) is 46.7 Å². The van der Waals surface area contributed by atoms with E-state index in [2.05, 4.69) is 0 Å². The van der Waals surface area contributed by atoms with E-state index < -0.39 is 5.97 Å². The van der Waals surface area contributed by atoms with Crippen LogP contribution in [0.2, 0.25) is 0 Å². The highest BCUT2D eigenvalue weighted by molar-refractivity contribution is 7.08. The van der Waals surface area contributed by atoms with Gasteiger partial charge in [0.2, 0.25) is 0 Å². The number of thiophene rings is 1. The molecule has 0 bridgehead atoms. The van der Waals surface area contributed by atoms with E-state index in [1.165, 1.54) is 11.3 Å². The molecule has 1 atom stereocenters. The molecular formula is C16H16O5S. The topological polar surface area (TPSA) is 54.0 Å². The van der Waals surface area contributed by atoms with Gasteiger partial charge in [0.15, 0.2) is 17.6 Å². The van der Waals surface area contributed by atoms with Gasteiger partial charge in [-0.15, -0.1) is 11.3 Å². The molecule has 0 saturated carbocycles. The Hall–Kier alpha value is -2.05. The van der Waals surface area contributed by atoms with Crippen LogP contribution in [0.4, 0.5) is 0 Å². The van der Waals surface area contributed by atoms with Crippen LogP contribution in [0.15, 0.2) is 41.1 Å². The Morgan fingerprint density at radius 3 is 2.91 bits per heavy atom. The van der Waals surface area contributed by atoms with E-state index in [-0.39, 0.29) is 25.9 Å². The van der Waals surface area contributed by atoms with Crippen LogP contribution >= 0.6 is 11.3 Å². The monoisotopic (exact) mass is 320 g/mol. The maximum Gasteiger partial charge on any atom is 0.332 e. The zero-order valence-corrected chi connectivity index (χ0v) is 12.7. The van der Waals surface area contributed by atoms with Crippen LogP contribution in [0, 0.1) is 0 Å². The smallest absolute Gasteiger partial charge is 0.332 e. The highest BCUT2D eigenvalue weighted by Gasteiger charge is 2.22. The van der Waals surface area contributed by atoms with Gasteiger partial charge in [-0.2, -0.15) is 0 Å². The van der Waals surface area contributed by atoms with Gasteiger partial charge in [0, 0.05) is 10.8 Å². The quantitative estimate of drug-likeness (QED) is 0.766. The lowest BCUT2D eigenvalue weighted by atomic mass is 10.2. The first-order valence-electron chi connectivity index (χ1n) is 6.94. The maximum absolute atomic E-state index is 11.6. The van der Waals surface area contributed by atoms with Crippen molar-refractivity contribution in [3.63, 3.8) is 0 Å². The molecule has 6 heteroatoms. The lowest BCUT2D eigenvalue weighted by Gasteiger charge is -2.24. The van der Waals surface area contributed by atoms with Gasteiger partial charge in [-0.05, 0) is 5.56 Å². The molecule has 2 aromatic rings. The van der Waals surface area contributed by atoms with E-state index >= 15 is 0 Å². The zero-order valence-electron chi connectivity index (χ0n) is 11.9. The Morgan fingerprint density at radius 1 is 1.23 bits per heavy atom. The van der Waals surface area contributed by atoms with Gasteiger partial charge in [0.1, 0.15) is 19.8 Å². The summed E-state index contributed by atoms with van der Waals surface area (Å²) in [7, 11) is 0. The van der Waals surface area contributed by atoms with Crippen molar-refractivity contribution in [2.75, 3.05) is 19.8 Å². The molecule has 0 aliphatic carbocycles.